The topological polar surface area (TPSA) is 26.3 Å². The SMILES string of the molecule is CCOP(=O)(CC)CC.[H-].[Na+]. The molecule has 0 aliphatic heterocycles. The molecule has 0 aromatic heterocycles. The van der Waals surface area contributed by atoms with Crippen LogP contribution in [0, 0.1) is 0 Å². The summed E-state index contributed by atoms with van der Waals surface area (Å²) in [6.07, 6.45) is 1.33. The van der Waals surface area contributed by atoms with Crippen molar-refractivity contribution in [1.82, 2.24) is 0 Å². The Labute approximate surface area is 87.0 Å². The van der Waals surface area contributed by atoms with Crippen molar-refractivity contribution >= 4 is 7.37 Å². The molecule has 0 unspecified atom stereocenters. The molecule has 2 nitrogen and oxygen atoms in total. The van der Waals surface area contributed by atoms with Crippen molar-refractivity contribution in [3.63, 3.8) is 0 Å². The van der Waals surface area contributed by atoms with E-state index in [0.29, 0.717) is 18.9 Å². The molecule has 0 aromatic rings. The summed E-state index contributed by atoms with van der Waals surface area (Å²) < 4.78 is 16.4. The van der Waals surface area contributed by atoms with E-state index >= 15 is 0 Å². The van der Waals surface area contributed by atoms with Gasteiger partial charge in [0.25, 0.3) is 0 Å². The zero-order valence-corrected chi connectivity index (χ0v) is 10.3. The molecule has 58 valence electrons. The Balaban J connectivity index is -0.000000320. The van der Waals surface area contributed by atoms with Gasteiger partial charge in [-0.05, 0) is 6.92 Å². The van der Waals surface area contributed by atoms with Crippen LogP contribution in [0.5, 0.6) is 0 Å². The Morgan fingerprint density at radius 3 is 1.80 bits per heavy atom. The van der Waals surface area contributed by atoms with Gasteiger partial charge in [-0.2, -0.15) is 0 Å². The molecule has 0 heterocycles. The number of hydrogen-bond donors (Lipinski definition) is 0. The second kappa shape index (κ2) is 6.87. The van der Waals surface area contributed by atoms with Gasteiger partial charge in [0, 0.05) is 12.3 Å². The fraction of sp³-hybridized carbons (Fsp3) is 1.00. The zero-order valence-electron chi connectivity index (χ0n) is 8.39. The van der Waals surface area contributed by atoms with E-state index in [2.05, 4.69) is 0 Å². The molecular weight excluding hydrogens is 158 g/mol. The van der Waals surface area contributed by atoms with Crippen molar-refractivity contribution in [1.29, 1.82) is 0 Å². The Bertz CT molecular complexity index is 113. The van der Waals surface area contributed by atoms with Gasteiger partial charge in [0.15, 0.2) is 0 Å². The average molecular weight is 174 g/mol. The summed E-state index contributed by atoms with van der Waals surface area (Å²) in [6, 6.07) is 0. The van der Waals surface area contributed by atoms with Crippen LogP contribution in [0.15, 0.2) is 0 Å². The third kappa shape index (κ3) is 4.92. The molecule has 0 amide bonds. The van der Waals surface area contributed by atoms with Crippen LogP contribution in [-0.4, -0.2) is 18.9 Å². The largest absolute Gasteiger partial charge is 1.00 e. The summed E-state index contributed by atoms with van der Waals surface area (Å²) in [5.74, 6) is 0. The molecule has 0 aromatic carbocycles. The van der Waals surface area contributed by atoms with Crippen LogP contribution in [-0.2, 0) is 9.09 Å². The van der Waals surface area contributed by atoms with E-state index in [1.807, 2.05) is 20.8 Å². The van der Waals surface area contributed by atoms with Gasteiger partial charge in [-0.1, -0.05) is 13.8 Å². The fourth-order valence-corrected chi connectivity index (χ4v) is 1.92. The van der Waals surface area contributed by atoms with Crippen molar-refractivity contribution < 1.29 is 40.1 Å². The Kier molecular flexibility index (Phi) is 9.46. The van der Waals surface area contributed by atoms with Crippen molar-refractivity contribution in [3.8, 4) is 0 Å². The minimum absolute atomic E-state index is 0. The standard InChI is InChI=1S/C6H15O2P.Na.H/c1-4-8-9(7,5-2)6-3;;/h4-6H2,1-3H3;;/q;+1;-1. The monoisotopic (exact) mass is 174 g/mol. The van der Waals surface area contributed by atoms with E-state index in [9.17, 15) is 4.57 Å². The summed E-state index contributed by atoms with van der Waals surface area (Å²) in [7, 11) is -2.18. The van der Waals surface area contributed by atoms with Gasteiger partial charge in [-0.15, -0.1) is 0 Å². The summed E-state index contributed by atoms with van der Waals surface area (Å²) in [4.78, 5) is 0. The summed E-state index contributed by atoms with van der Waals surface area (Å²) in [6.45, 7) is 6.25. The first-order valence-electron chi connectivity index (χ1n) is 3.41. The Hall–Kier alpha value is 1.19. The van der Waals surface area contributed by atoms with Gasteiger partial charge >= 0.3 is 29.6 Å². The molecule has 0 spiro atoms. The first-order chi connectivity index (χ1) is 4.18. The van der Waals surface area contributed by atoms with Crippen molar-refractivity contribution in [2.75, 3.05) is 18.9 Å². The third-order valence-electron chi connectivity index (χ3n) is 1.33. The van der Waals surface area contributed by atoms with E-state index < -0.39 is 7.37 Å². The summed E-state index contributed by atoms with van der Waals surface area (Å²) in [5.41, 5.74) is 0. The minimum atomic E-state index is -2.18. The maximum absolute atomic E-state index is 11.3. The first-order valence-corrected chi connectivity index (χ1v) is 5.40. The van der Waals surface area contributed by atoms with Crippen molar-refractivity contribution in [3.05, 3.63) is 0 Å². The normalized spacial score (nSPS) is 10.7. The maximum atomic E-state index is 11.3. The molecule has 0 saturated heterocycles. The molecule has 0 rings (SSSR count). The van der Waals surface area contributed by atoms with Gasteiger partial charge in [0.2, 0.25) is 7.37 Å². The van der Waals surface area contributed by atoms with E-state index in [0.717, 1.165) is 0 Å². The molecule has 0 aliphatic rings. The molecule has 0 saturated carbocycles. The van der Waals surface area contributed by atoms with Gasteiger partial charge in [0.05, 0.1) is 6.61 Å². The van der Waals surface area contributed by atoms with Crippen molar-refractivity contribution in [2.45, 2.75) is 20.8 Å². The van der Waals surface area contributed by atoms with Crippen LogP contribution in [0.25, 0.3) is 0 Å². The molecule has 0 N–H and O–H groups in total. The molecule has 0 aliphatic carbocycles. The Morgan fingerprint density at radius 2 is 1.70 bits per heavy atom. The number of hydrogen-bond acceptors (Lipinski definition) is 2. The maximum Gasteiger partial charge on any atom is 1.00 e. The average Bonchev–Trinajstić information content (AvgIpc) is 1.89. The van der Waals surface area contributed by atoms with Crippen LogP contribution in [0.2, 0.25) is 0 Å². The first kappa shape index (κ1) is 13.8. The fourth-order valence-electron chi connectivity index (χ4n) is 0.641. The predicted octanol–water partition coefficient (Wildman–Crippen LogP) is -0.543. The molecule has 0 atom stereocenters. The third-order valence-corrected chi connectivity index (χ3v) is 3.98. The molecule has 0 fully saturated rings. The molecule has 4 heteroatoms. The molecule has 0 radical (unpaired) electrons. The van der Waals surface area contributed by atoms with Crippen LogP contribution < -0.4 is 29.6 Å². The quantitative estimate of drug-likeness (QED) is 0.422. The van der Waals surface area contributed by atoms with Crippen molar-refractivity contribution in [2.24, 2.45) is 0 Å². The molecule has 0 bridgehead atoms. The van der Waals surface area contributed by atoms with E-state index in [4.69, 9.17) is 4.52 Å². The van der Waals surface area contributed by atoms with Crippen LogP contribution in [0.1, 0.15) is 22.2 Å². The van der Waals surface area contributed by atoms with E-state index in [1.165, 1.54) is 0 Å². The number of rotatable bonds is 4. The van der Waals surface area contributed by atoms with Gasteiger partial charge in [0.1, 0.15) is 0 Å². The van der Waals surface area contributed by atoms with E-state index in [-0.39, 0.29) is 31.0 Å². The zero-order chi connectivity index (χ0) is 7.33. The Morgan fingerprint density at radius 1 is 1.30 bits per heavy atom. The molecule has 10 heavy (non-hydrogen) atoms. The second-order valence-corrected chi connectivity index (χ2v) is 5.02. The second-order valence-electron chi connectivity index (χ2n) is 1.86. The smallest absolute Gasteiger partial charge is 1.00 e. The van der Waals surface area contributed by atoms with Crippen LogP contribution >= 0.6 is 7.37 Å². The van der Waals surface area contributed by atoms with Gasteiger partial charge in [-0.3, -0.25) is 4.57 Å². The van der Waals surface area contributed by atoms with Crippen LogP contribution in [0.3, 0.4) is 0 Å². The molecular formula is C6H16NaO2P. The van der Waals surface area contributed by atoms with E-state index in [1.54, 1.807) is 0 Å². The van der Waals surface area contributed by atoms with Gasteiger partial charge < -0.3 is 5.95 Å². The van der Waals surface area contributed by atoms with Gasteiger partial charge in [-0.25, -0.2) is 0 Å². The summed E-state index contributed by atoms with van der Waals surface area (Å²) in [5, 5.41) is 0. The van der Waals surface area contributed by atoms with Crippen LogP contribution in [0.4, 0.5) is 0 Å². The summed E-state index contributed by atoms with van der Waals surface area (Å²) >= 11 is 0. The predicted molar refractivity (Wildman–Crippen MR) is 41.4 cm³/mol. The minimum Gasteiger partial charge on any atom is -1.00 e.